The topological polar surface area (TPSA) is 130 Å². The van der Waals surface area contributed by atoms with E-state index in [4.69, 9.17) is 10.3 Å². The molecular weight excluding hydrogens is 344 g/mol. The molecule has 0 radical (unpaired) electrons. The number of nitrogen functional groups attached to an aromatic ring is 1. The Morgan fingerprint density at radius 2 is 1.64 bits per heavy atom. The monoisotopic (exact) mass is 358 g/mol. The summed E-state index contributed by atoms with van der Waals surface area (Å²) in [6.07, 6.45) is 0. The maximum Gasteiger partial charge on any atom is 0.294 e. The molecule has 0 saturated heterocycles. The minimum Gasteiger partial charge on any atom is -0.507 e. The standard InChI is InChI=1S/C17H14N2O5S/c18-11-3-1-10(2-4-11)17(21)19-15-7-8-16(20)14-9-12(25(22,23)24)5-6-13(14)15/h1-9,20H,18H2,(H,19,21)(H,22,23,24). The number of amides is 1. The first-order valence-electron chi connectivity index (χ1n) is 7.16. The summed E-state index contributed by atoms with van der Waals surface area (Å²) >= 11 is 0. The molecular formula is C17H14N2O5S. The molecule has 0 spiro atoms. The Hall–Kier alpha value is -3.10. The van der Waals surface area contributed by atoms with Crippen LogP contribution in [0.25, 0.3) is 10.8 Å². The Balaban J connectivity index is 2.03. The van der Waals surface area contributed by atoms with Crippen LogP contribution in [-0.4, -0.2) is 24.0 Å². The van der Waals surface area contributed by atoms with Gasteiger partial charge in [-0.15, -0.1) is 0 Å². The lowest BCUT2D eigenvalue weighted by Crippen LogP contribution is -2.12. The number of nitrogens with one attached hydrogen (secondary N) is 1. The highest BCUT2D eigenvalue weighted by Gasteiger charge is 2.15. The van der Waals surface area contributed by atoms with Crippen LogP contribution < -0.4 is 11.1 Å². The molecule has 0 aliphatic carbocycles. The van der Waals surface area contributed by atoms with E-state index in [0.717, 1.165) is 6.07 Å². The van der Waals surface area contributed by atoms with Crippen LogP contribution in [0.5, 0.6) is 5.75 Å². The number of carbonyl (C=O) groups excluding carboxylic acids is 1. The van der Waals surface area contributed by atoms with Crippen LogP contribution in [0.2, 0.25) is 0 Å². The fourth-order valence-corrected chi connectivity index (χ4v) is 2.92. The van der Waals surface area contributed by atoms with Gasteiger partial charge in [0.2, 0.25) is 0 Å². The second kappa shape index (κ2) is 6.08. The first-order valence-corrected chi connectivity index (χ1v) is 8.60. The average molecular weight is 358 g/mol. The van der Waals surface area contributed by atoms with Gasteiger partial charge in [0.15, 0.2) is 0 Å². The number of phenolic OH excluding ortho intramolecular Hbond substituents is 1. The van der Waals surface area contributed by atoms with E-state index >= 15 is 0 Å². The van der Waals surface area contributed by atoms with Crippen LogP contribution in [-0.2, 0) is 10.1 Å². The van der Waals surface area contributed by atoms with E-state index in [0.29, 0.717) is 22.3 Å². The fraction of sp³-hybridized carbons (Fsp3) is 0. The number of carbonyl (C=O) groups is 1. The Morgan fingerprint density at radius 1 is 0.960 bits per heavy atom. The summed E-state index contributed by atoms with van der Waals surface area (Å²) in [6.45, 7) is 0. The van der Waals surface area contributed by atoms with E-state index in [2.05, 4.69) is 5.32 Å². The molecule has 0 atom stereocenters. The highest BCUT2D eigenvalue weighted by atomic mass is 32.2. The molecule has 0 unspecified atom stereocenters. The highest BCUT2D eigenvalue weighted by molar-refractivity contribution is 7.85. The zero-order chi connectivity index (χ0) is 18.2. The molecule has 0 aliphatic heterocycles. The maximum atomic E-state index is 12.3. The van der Waals surface area contributed by atoms with Crippen molar-refractivity contribution in [1.82, 2.24) is 0 Å². The third kappa shape index (κ3) is 3.39. The lowest BCUT2D eigenvalue weighted by Gasteiger charge is -2.11. The van der Waals surface area contributed by atoms with E-state index in [-0.39, 0.29) is 21.9 Å². The van der Waals surface area contributed by atoms with Crippen molar-refractivity contribution in [3.8, 4) is 5.75 Å². The van der Waals surface area contributed by atoms with Crippen molar-refractivity contribution < 1.29 is 22.9 Å². The lowest BCUT2D eigenvalue weighted by atomic mass is 10.1. The molecule has 0 aromatic heterocycles. The number of phenols is 1. The molecule has 25 heavy (non-hydrogen) atoms. The molecule has 1 amide bonds. The average Bonchev–Trinajstić information content (AvgIpc) is 2.57. The largest absolute Gasteiger partial charge is 0.507 e. The molecule has 128 valence electrons. The molecule has 8 heteroatoms. The quantitative estimate of drug-likeness (QED) is 0.323. The number of aromatic hydroxyl groups is 1. The normalized spacial score (nSPS) is 11.4. The SMILES string of the molecule is Nc1ccc(C(=O)Nc2ccc(O)c3cc(S(=O)(=O)O)ccc23)cc1. The van der Waals surface area contributed by atoms with Gasteiger partial charge in [0.1, 0.15) is 5.75 Å². The van der Waals surface area contributed by atoms with Crippen molar-refractivity contribution in [2.45, 2.75) is 4.90 Å². The molecule has 3 rings (SSSR count). The summed E-state index contributed by atoms with van der Waals surface area (Å²) in [6, 6.07) is 12.9. The van der Waals surface area contributed by atoms with Crippen molar-refractivity contribution in [3.05, 3.63) is 60.2 Å². The zero-order valence-corrected chi connectivity index (χ0v) is 13.6. The van der Waals surface area contributed by atoms with Gasteiger partial charge < -0.3 is 16.2 Å². The molecule has 3 aromatic carbocycles. The first-order chi connectivity index (χ1) is 11.8. The minimum atomic E-state index is -4.40. The van der Waals surface area contributed by atoms with Crippen LogP contribution in [0.3, 0.4) is 0 Å². The third-order valence-corrected chi connectivity index (χ3v) is 4.53. The van der Waals surface area contributed by atoms with E-state index in [1.165, 1.54) is 24.3 Å². The fourth-order valence-electron chi connectivity index (χ4n) is 2.41. The molecule has 0 aliphatic rings. The number of hydrogen-bond donors (Lipinski definition) is 4. The third-order valence-electron chi connectivity index (χ3n) is 3.68. The minimum absolute atomic E-state index is 0.175. The Kier molecular flexibility index (Phi) is 4.07. The molecule has 0 bridgehead atoms. The van der Waals surface area contributed by atoms with E-state index < -0.39 is 10.1 Å². The summed E-state index contributed by atoms with van der Waals surface area (Å²) in [5.41, 5.74) is 6.90. The van der Waals surface area contributed by atoms with Gasteiger partial charge in [0.25, 0.3) is 16.0 Å². The van der Waals surface area contributed by atoms with Crippen LogP contribution in [0.15, 0.2) is 59.5 Å². The molecule has 0 heterocycles. The summed E-state index contributed by atoms with van der Waals surface area (Å²) in [4.78, 5) is 12.0. The van der Waals surface area contributed by atoms with Crippen molar-refractivity contribution in [2.75, 3.05) is 11.1 Å². The van der Waals surface area contributed by atoms with E-state index in [1.54, 1.807) is 24.3 Å². The Labute approximate surface area is 143 Å². The van der Waals surface area contributed by atoms with Gasteiger partial charge in [-0.1, -0.05) is 6.07 Å². The number of fused-ring (bicyclic) bond motifs is 1. The van der Waals surface area contributed by atoms with Gasteiger partial charge in [-0.2, -0.15) is 8.42 Å². The number of rotatable bonds is 3. The number of nitrogens with two attached hydrogens (primary N) is 1. The van der Waals surface area contributed by atoms with E-state index in [9.17, 15) is 18.3 Å². The number of benzene rings is 3. The van der Waals surface area contributed by atoms with Crippen LogP contribution in [0.4, 0.5) is 11.4 Å². The van der Waals surface area contributed by atoms with Crippen molar-refractivity contribution >= 4 is 38.2 Å². The van der Waals surface area contributed by atoms with Crippen LogP contribution in [0, 0.1) is 0 Å². The summed E-state index contributed by atoms with van der Waals surface area (Å²) in [5.74, 6) is -0.558. The molecule has 0 fully saturated rings. The number of anilines is 2. The number of hydrogen-bond acceptors (Lipinski definition) is 5. The van der Waals surface area contributed by atoms with Crippen molar-refractivity contribution in [3.63, 3.8) is 0 Å². The lowest BCUT2D eigenvalue weighted by molar-refractivity contribution is 0.102. The molecule has 5 N–H and O–H groups in total. The van der Waals surface area contributed by atoms with Crippen molar-refractivity contribution in [1.29, 1.82) is 0 Å². The van der Waals surface area contributed by atoms with Crippen LogP contribution >= 0.6 is 0 Å². The van der Waals surface area contributed by atoms with Gasteiger partial charge in [0, 0.05) is 27.7 Å². The summed E-state index contributed by atoms with van der Waals surface area (Å²) in [5, 5.41) is 13.3. The summed E-state index contributed by atoms with van der Waals surface area (Å²) in [7, 11) is -4.40. The first kappa shape index (κ1) is 16.7. The smallest absolute Gasteiger partial charge is 0.294 e. The summed E-state index contributed by atoms with van der Waals surface area (Å²) < 4.78 is 31.6. The second-order valence-electron chi connectivity index (χ2n) is 5.39. The Morgan fingerprint density at radius 3 is 2.28 bits per heavy atom. The highest BCUT2D eigenvalue weighted by Crippen LogP contribution is 2.33. The predicted octanol–water partition coefficient (Wildman–Crippen LogP) is 2.63. The van der Waals surface area contributed by atoms with Gasteiger partial charge in [-0.25, -0.2) is 0 Å². The Bertz CT molecular complexity index is 1080. The van der Waals surface area contributed by atoms with Crippen molar-refractivity contribution in [2.24, 2.45) is 0 Å². The van der Waals surface area contributed by atoms with Gasteiger partial charge in [-0.3, -0.25) is 9.35 Å². The predicted molar refractivity (Wildman–Crippen MR) is 94.2 cm³/mol. The molecule has 3 aromatic rings. The molecule has 7 nitrogen and oxygen atoms in total. The maximum absolute atomic E-state index is 12.3. The second-order valence-corrected chi connectivity index (χ2v) is 6.81. The van der Waals surface area contributed by atoms with Gasteiger partial charge >= 0.3 is 0 Å². The zero-order valence-electron chi connectivity index (χ0n) is 12.8. The van der Waals surface area contributed by atoms with Gasteiger partial charge in [-0.05, 0) is 48.5 Å². The van der Waals surface area contributed by atoms with Crippen LogP contribution in [0.1, 0.15) is 10.4 Å². The van der Waals surface area contributed by atoms with E-state index in [1.807, 2.05) is 0 Å². The molecule has 0 saturated carbocycles. The van der Waals surface area contributed by atoms with Gasteiger partial charge in [0.05, 0.1) is 4.90 Å².